The molecule has 0 bridgehead atoms. The van der Waals surface area contributed by atoms with Crippen molar-refractivity contribution in [2.45, 2.75) is 12.6 Å². The molecule has 0 aliphatic carbocycles. The molecular weight excluding hydrogens is 237 g/mol. The lowest BCUT2D eigenvalue weighted by molar-refractivity contribution is -0.136. The van der Waals surface area contributed by atoms with Gasteiger partial charge in [0, 0.05) is 25.2 Å². The highest BCUT2D eigenvalue weighted by atomic mass is 19.4. The van der Waals surface area contributed by atoms with Crippen LogP contribution in [0.2, 0.25) is 0 Å². The first-order valence-corrected chi connectivity index (χ1v) is 5.27. The van der Waals surface area contributed by atoms with Crippen molar-refractivity contribution in [3.05, 3.63) is 11.6 Å². The smallest absolute Gasteiger partial charge is 0.370 e. The largest absolute Gasteiger partial charge is 0.412 e. The van der Waals surface area contributed by atoms with Crippen molar-refractivity contribution in [1.82, 2.24) is 4.90 Å². The minimum absolute atomic E-state index is 0.0142. The Hall–Kier alpha value is -1.08. The van der Waals surface area contributed by atoms with Crippen LogP contribution in [0.15, 0.2) is 11.6 Å². The van der Waals surface area contributed by atoms with Gasteiger partial charge in [0.05, 0.1) is 6.61 Å². The van der Waals surface area contributed by atoms with Crippen molar-refractivity contribution in [2.75, 3.05) is 32.8 Å². The maximum Gasteiger partial charge on any atom is 0.412 e. The van der Waals surface area contributed by atoms with Crippen LogP contribution in [0.25, 0.3) is 0 Å². The normalized spacial score (nSPS) is 16.9. The second kappa shape index (κ2) is 6.02. The van der Waals surface area contributed by atoms with E-state index in [1.54, 1.807) is 0 Å². The van der Waals surface area contributed by atoms with Crippen molar-refractivity contribution in [3.8, 4) is 0 Å². The van der Waals surface area contributed by atoms with Gasteiger partial charge in [-0.3, -0.25) is 4.79 Å². The summed E-state index contributed by atoms with van der Waals surface area (Å²) in [6, 6.07) is 0. The number of halogens is 3. The Morgan fingerprint density at radius 2 is 2.24 bits per heavy atom. The van der Waals surface area contributed by atoms with E-state index in [1.807, 2.05) is 0 Å². The van der Waals surface area contributed by atoms with Gasteiger partial charge in [-0.25, -0.2) is 0 Å². The topological polar surface area (TPSA) is 55.6 Å². The molecule has 0 aromatic carbocycles. The third-order valence-electron chi connectivity index (χ3n) is 2.41. The molecule has 0 radical (unpaired) electrons. The Balaban J connectivity index is 2.41. The van der Waals surface area contributed by atoms with Gasteiger partial charge in [0.25, 0.3) is 0 Å². The molecule has 0 saturated heterocycles. The number of carbonyl (C=O) groups excluding carboxylic acids is 1. The number of nitrogens with zero attached hydrogens (tertiary/aromatic N) is 1. The highest BCUT2D eigenvalue weighted by molar-refractivity contribution is 5.77. The van der Waals surface area contributed by atoms with Crippen LogP contribution < -0.4 is 5.73 Å². The molecule has 17 heavy (non-hydrogen) atoms. The Labute approximate surface area is 97.2 Å². The molecule has 1 amide bonds. The highest BCUT2D eigenvalue weighted by Gasteiger charge is 2.35. The monoisotopic (exact) mass is 252 g/mol. The fraction of sp³-hybridized carbons (Fsp3) is 0.700. The summed E-state index contributed by atoms with van der Waals surface area (Å²) in [4.78, 5) is 12.8. The van der Waals surface area contributed by atoms with E-state index in [4.69, 9.17) is 10.5 Å². The number of nitrogens with two attached hydrogens (primary N) is 1. The zero-order valence-corrected chi connectivity index (χ0v) is 9.29. The molecule has 0 aromatic heterocycles. The van der Waals surface area contributed by atoms with E-state index in [2.05, 4.69) is 0 Å². The summed E-state index contributed by atoms with van der Waals surface area (Å²) in [6.45, 7) is 0.511. The summed E-state index contributed by atoms with van der Waals surface area (Å²) in [5.74, 6) is -0.309. The van der Waals surface area contributed by atoms with Gasteiger partial charge in [-0.2, -0.15) is 13.2 Å². The molecular formula is C10H15F3N2O2. The number of carbonyl (C=O) groups is 1. The van der Waals surface area contributed by atoms with Gasteiger partial charge in [0.2, 0.25) is 5.91 Å². The fourth-order valence-corrected chi connectivity index (χ4v) is 1.49. The molecule has 4 nitrogen and oxygen atoms in total. The Kier molecular flexibility index (Phi) is 4.95. The predicted molar refractivity (Wildman–Crippen MR) is 55.2 cm³/mol. The molecule has 98 valence electrons. The maximum atomic E-state index is 12.3. The minimum Gasteiger partial charge on any atom is -0.370 e. The van der Waals surface area contributed by atoms with Crippen molar-refractivity contribution in [3.63, 3.8) is 0 Å². The molecule has 0 unspecified atom stereocenters. The Bertz CT molecular complexity index is 302. The first-order valence-electron chi connectivity index (χ1n) is 5.27. The van der Waals surface area contributed by atoms with Crippen LogP contribution in [0.4, 0.5) is 13.2 Å². The fourth-order valence-electron chi connectivity index (χ4n) is 1.49. The zero-order chi connectivity index (χ0) is 12.9. The molecule has 0 fully saturated rings. The molecule has 0 aromatic rings. The van der Waals surface area contributed by atoms with E-state index in [9.17, 15) is 18.0 Å². The quantitative estimate of drug-likeness (QED) is 0.591. The average molecular weight is 252 g/mol. The van der Waals surface area contributed by atoms with Gasteiger partial charge in [-0.15, -0.1) is 0 Å². The van der Waals surface area contributed by atoms with Crippen LogP contribution in [-0.4, -0.2) is 49.8 Å². The lowest BCUT2D eigenvalue weighted by Gasteiger charge is -2.27. The number of hydrogen-bond donors (Lipinski definition) is 1. The molecule has 2 N–H and O–H groups in total. The molecule has 1 aliphatic rings. The predicted octanol–water partition coefficient (Wildman–Crippen LogP) is 0.683. The number of amides is 1. The Morgan fingerprint density at radius 3 is 2.71 bits per heavy atom. The van der Waals surface area contributed by atoms with E-state index in [0.29, 0.717) is 6.54 Å². The van der Waals surface area contributed by atoms with Crippen molar-refractivity contribution >= 4 is 5.91 Å². The summed E-state index contributed by atoms with van der Waals surface area (Å²) >= 11 is 0. The zero-order valence-electron chi connectivity index (χ0n) is 9.29. The average Bonchev–Trinajstić information content (AvgIpc) is 2.28. The van der Waals surface area contributed by atoms with Crippen LogP contribution in [0.3, 0.4) is 0 Å². The maximum absolute atomic E-state index is 12.3. The van der Waals surface area contributed by atoms with Gasteiger partial charge < -0.3 is 15.4 Å². The van der Waals surface area contributed by atoms with E-state index in [1.165, 1.54) is 4.90 Å². The standard InChI is InChI=1S/C10H15F3N2O2/c11-10(12,13)8-1-4-15(5-2-8)9(16)7-17-6-3-14/h1H,2-7,14H2. The van der Waals surface area contributed by atoms with Gasteiger partial charge in [-0.1, -0.05) is 6.08 Å². The van der Waals surface area contributed by atoms with Crippen LogP contribution in [-0.2, 0) is 9.53 Å². The first kappa shape index (κ1) is 14.0. The Morgan fingerprint density at radius 1 is 1.53 bits per heavy atom. The molecule has 0 spiro atoms. The second-order valence-electron chi connectivity index (χ2n) is 3.66. The molecule has 0 saturated carbocycles. The summed E-state index contributed by atoms with van der Waals surface area (Å²) in [6.07, 6.45) is -3.40. The second-order valence-corrected chi connectivity index (χ2v) is 3.66. The van der Waals surface area contributed by atoms with Crippen LogP contribution >= 0.6 is 0 Å². The van der Waals surface area contributed by atoms with E-state index >= 15 is 0 Å². The SMILES string of the molecule is NCCOCC(=O)N1CC=C(C(F)(F)F)CC1. The van der Waals surface area contributed by atoms with Crippen molar-refractivity contribution in [2.24, 2.45) is 5.73 Å². The van der Waals surface area contributed by atoms with Gasteiger partial charge in [-0.05, 0) is 6.42 Å². The summed E-state index contributed by atoms with van der Waals surface area (Å²) in [5.41, 5.74) is 4.61. The lowest BCUT2D eigenvalue weighted by Crippen LogP contribution is -2.39. The van der Waals surface area contributed by atoms with Gasteiger partial charge >= 0.3 is 6.18 Å². The summed E-state index contributed by atoms with van der Waals surface area (Å²) in [7, 11) is 0. The first-order chi connectivity index (χ1) is 7.95. The van der Waals surface area contributed by atoms with Crippen molar-refractivity contribution < 1.29 is 22.7 Å². The minimum atomic E-state index is -4.29. The number of rotatable bonds is 4. The van der Waals surface area contributed by atoms with Crippen LogP contribution in [0.1, 0.15) is 6.42 Å². The van der Waals surface area contributed by atoms with Gasteiger partial charge in [0.15, 0.2) is 0 Å². The molecule has 1 aliphatic heterocycles. The van der Waals surface area contributed by atoms with Crippen LogP contribution in [0.5, 0.6) is 0 Å². The van der Waals surface area contributed by atoms with Crippen molar-refractivity contribution in [1.29, 1.82) is 0 Å². The molecule has 1 rings (SSSR count). The van der Waals surface area contributed by atoms with E-state index in [0.717, 1.165) is 6.08 Å². The van der Waals surface area contributed by atoms with E-state index < -0.39 is 11.7 Å². The summed E-state index contributed by atoms with van der Waals surface area (Å²) < 4.78 is 41.9. The lowest BCUT2D eigenvalue weighted by atomic mass is 10.1. The van der Waals surface area contributed by atoms with E-state index in [-0.39, 0.29) is 38.6 Å². The number of hydrogen-bond acceptors (Lipinski definition) is 3. The molecule has 7 heteroatoms. The third kappa shape index (κ3) is 4.35. The van der Waals surface area contributed by atoms with Gasteiger partial charge in [0.1, 0.15) is 6.61 Å². The van der Waals surface area contributed by atoms with Crippen LogP contribution in [0, 0.1) is 0 Å². The highest BCUT2D eigenvalue weighted by Crippen LogP contribution is 2.29. The third-order valence-corrected chi connectivity index (χ3v) is 2.41. The molecule has 0 atom stereocenters. The molecule has 1 heterocycles. The number of ether oxygens (including phenoxy) is 1. The number of alkyl halides is 3. The summed E-state index contributed by atoms with van der Waals surface area (Å²) in [5, 5.41) is 0.